The summed E-state index contributed by atoms with van der Waals surface area (Å²) in [5, 5.41) is 22.7. The molecular formula is C12H15N3O5. The fourth-order valence-electron chi connectivity index (χ4n) is 2.11. The van der Waals surface area contributed by atoms with E-state index in [0.29, 0.717) is 6.54 Å². The van der Waals surface area contributed by atoms with Gasteiger partial charge in [0.2, 0.25) is 5.82 Å². The molecule has 1 aliphatic carbocycles. The van der Waals surface area contributed by atoms with E-state index in [-0.39, 0.29) is 22.7 Å². The highest BCUT2D eigenvalue weighted by atomic mass is 16.6. The first-order chi connectivity index (χ1) is 9.47. The molecule has 0 aromatic carbocycles. The lowest BCUT2D eigenvalue weighted by atomic mass is 9.80. The number of hydrogen-bond donors (Lipinski definition) is 2. The number of nitrogens with one attached hydrogen (secondary N) is 1. The first-order valence-electron chi connectivity index (χ1n) is 6.14. The molecule has 1 aromatic heterocycles. The van der Waals surface area contributed by atoms with Gasteiger partial charge in [0.25, 0.3) is 0 Å². The van der Waals surface area contributed by atoms with Crippen LogP contribution in [0.4, 0.5) is 11.5 Å². The van der Waals surface area contributed by atoms with Crippen molar-refractivity contribution < 1.29 is 19.6 Å². The number of nitrogens with zero attached hydrogens (tertiary/aromatic N) is 2. The predicted octanol–water partition coefficient (Wildman–Crippen LogP) is 1.67. The van der Waals surface area contributed by atoms with Crippen molar-refractivity contribution in [3.8, 4) is 0 Å². The quantitative estimate of drug-likeness (QED) is 0.602. The molecule has 8 heteroatoms. The number of ether oxygens (including phenoxy) is 1. The van der Waals surface area contributed by atoms with Crippen molar-refractivity contribution in [1.82, 2.24) is 4.98 Å². The van der Waals surface area contributed by atoms with E-state index in [9.17, 15) is 14.9 Å². The van der Waals surface area contributed by atoms with Gasteiger partial charge in [-0.05, 0) is 19.3 Å². The number of carboxylic acid groups (broad SMARTS) is 1. The van der Waals surface area contributed by atoms with E-state index in [0.717, 1.165) is 31.5 Å². The van der Waals surface area contributed by atoms with Gasteiger partial charge in [0.1, 0.15) is 0 Å². The average Bonchev–Trinajstić information content (AvgIpc) is 2.37. The maximum Gasteiger partial charge on any atom is 0.337 e. The van der Waals surface area contributed by atoms with E-state index in [2.05, 4.69) is 10.3 Å². The van der Waals surface area contributed by atoms with Crippen molar-refractivity contribution in [2.24, 2.45) is 0 Å². The lowest BCUT2D eigenvalue weighted by Crippen LogP contribution is -2.45. The maximum absolute atomic E-state index is 11.0. The van der Waals surface area contributed by atoms with Gasteiger partial charge in [-0.2, -0.15) is 0 Å². The standard InChI is InChI=1S/C12H15N3O5/c1-20-12(3-2-4-12)7-14-10-9(15(18)19)5-8(6-13-10)11(16)17/h5-6H,2-4,7H2,1H3,(H,13,14)(H,16,17). The molecule has 1 aromatic rings. The van der Waals surface area contributed by atoms with Crippen molar-refractivity contribution in [3.05, 3.63) is 27.9 Å². The number of carboxylic acids is 1. The molecule has 0 amide bonds. The fourth-order valence-corrected chi connectivity index (χ4v) is 2.11. The third-order valence-corrected chi connectivity index (χ3v) is 3.59. The van der Waals surface area contributed by atoms with Crippen LogP contribution >= 0.6 is 0 Å². The molecule has 0 atom stereocenters. The number of anilines is 1. The fraction of sp³-hybridized carbons (Fsp3) is 0.500. The first kappa shape index (κ1) is 14.2. The van der Waals surface area contributed by atoms with Crippen LogP contribution in [-0.4, -0.2) is 40.2 Å². The molecule has 0 radical (unpaired) electrons. The highest BCUT2D eigenvalue weighted by Gasteiger charge is 2.37. The van der Waals surface area contributed by atoms with E-state index >= 15 is 0 Å². The minimum absolute atomic E-state index is 0.0586. The molecule has 0 aliphatic heterocycles. The first-order valence-corrected chi connectivity index (χ1v) is 6.14. The normalized spacial score (nSPS) is 16.2. The Hall–Kier alpha value is -2.22. The molecule has 1 fully saturated rings. The second-order valence-electron chi connectivity index (χ2n) is 4.75. The van der Waals surface area contributed by atoms with Crippen LogP contribution in [0.5, 0.6) is 0 Å². The summed E-state index contributed by atoms with van der Waals surface area (Å²) >= 11 is 0. The van der Waals surface area contributed by atoms with Gasteiger partial charge in [0, 0.05) is 25.9 Å². The molecule has 1 heterocycles. The molecule has 0 saturated heterocycles. The molecule has 2 rings (SSSR count). The summed E-state index contributed by atoms with van der Waals surface area (Å²) in [4.78, 5) is 25.0. The smallest absolute Gasteiger partial charge is 0.337 e. The number of methoxy groups -OCH3 is 1. The van der Waals surface area contributed by atoms with Crippen molar-refractivity contribution >= 4 is 17.5 Å². The van der Waals surface area contributed by atoms with Crippen LogP contribution in [0.3, 0.4) is 0 Å². The van der Waals surface area contributed by atoms with Gasteiger partial charge in [-0.3, -0.25) is 10.1 Å². The Morgan fingerprint density at radius 3 is 2.80 bits per heavy atom. The van der Waals surface area contributed by atoms with Crippen LogP contribution in [0, 0.1) is 10.1 Å². The summed E-state index contributed by atoms with van der Waals surface area (Å²) in [6.07, 6.45) is 3.93. The molecule has 0 unspecified atom stereocenters. The average molecular weight is 281 g/mol. The zero-order valence-electron chi connectivity index (χ0n) is 11.0. The number of nitro groups is 1. The van der Waals surface area contributed by atoms with Gasteiger partial charge >= 0.3 is 11.7 Å². The SMILES string of the molecule is COC1(CNc2ncc(C(=O)O)cc2[N+](=O)[O-])CCC1. The van der Waals surface area contributed by atoms with E-state index in [1.54, 1.807) is 7.11 Å². The molecule has 0 spiro atoms. The summed E-state index contributed by atoms with van der Waals surface area (Å²) in [5.74, 6) is -1.19. The molecule has 108 valence electrons. The van der Waals surface area contributed by atoms with Gasteiger partial charge in [-0.1, -0.05) is 0 Å². The Kier molecular flexibility index (Phi) is 3.84. The van der Waals surface area contributed by atoms with Gasteiger partial charge in [-0.15, -0.1) is 0 Å². The van der Waals surface area contributed by atoms with Gasteiger partial charge in [0.05, 0.1) is 16.1 Å². The topological polar surface area (TPSA) is 115 Å². The van der Waals surface area contributed by atoms with Crippen LogP contribution in [0.15, 0.2) is 12.3 Å². The number of aromatic nitrogens is 1. The minimum atomic E-state index is -1.25. The van der Waals surface area contributed by atoms with Crippen molar-refractivity contribution in [2.45, 2.75) is 24.9 Å². The molecule has 0 bridgehead atoms. The van der Waals surface area contributed by atoms with E-state index in [1.807, 2.05) is 0 Å². The Bertz CT molecular complexity index is 536. The van der Waals surface area contributed by atoms with Gasteiger partial charge < -0.3 is 15.2 Å². The Morgan fingerprint density at radius 1 is 1.65 bits per heavy atom. The second kappa shape index (κ2) is 5.41. The summed E-state index contributed by atoms with van der Waals surface area (Å²) in [6, 6.07) is 0.998. The zero-order chi connectivity index (χ0) is 14.8. The number of rotatable bonds is 6. The molecular weight excluding hydrogens is 266 g/mol. The summed E-state index contributed by atoms with van der Waals surface area (Å²) in [6.45, 7) is 0.407. The van der Waals surface area contributed by atoms with Crippen LogP contribution in [0.1, 0.15) is 29.6 Å². The summed E-state index contributed by atoms with van der Waals surface area (Å²) in [7, 11) is 1.61. The molecule has 2 N–H and O–H groups in total. The number of aromatic carboxylic acids is 1. The van der Waals surface area contributed by atoms with Crippen LogP contribution in [-0.2, 0) is 4.74 Å². The van der Waals surface area contributed by atoms with Crippen LogP contribution in [0.2, 0.25) is 0 Å². The highest BCUT2D eigenvalue weighted by Crippen LogP contribution is 2.35. The van der Waals surface area contributed by atoms with Gasteiger partial charge in [-0.25, -0.2) is 9.78 Å². The lowest BCUT2D eigenvalue weighted by Gasteiger charge is -2.40. The molecule has 1 aliphatic rings. The van der Waals surface area contributed by atoms with Gasteiger partial charge in [0.15, 0.2) is 0 Å². The van der Waals surface area contributed by atoms with E-state index in [1.165, 1.54) is 0 Å². The third kappa shape index (κ3) is 2.69. The van der Waals surface area contributed by atoms with Crippen LogP contribution < -0.4 is 5.32 Å². The molecule has 1 saturated carbocycles. The maximum atomic E-state index is 11.0. The van der Waals surface area contributed by atoms with E-state index in [4.69, 9.17) is 9.84 Å². The van der Waals surface area contributed by atoms with Crippen molar-refractivity contribution in [3.63, 3.8) is 0 Å². The monoisotopic (exact) mass is 281 g/mol. The minimum Gasteiger partial charge on any atom is -0.478 e. The molecule has 8 nitrogen and oxygen atoms in total. The van der Waals surface area contributed by atoms with E-state index < -0.39 is 10.9 Å². The Labute approximate surface area is 114 Å². The Balaban J connectivity index is 2.18. The summed E-state index contributed by atoms with van der Waals surface area (Å²) in [5.41, 5.74) is -0.871. The largest absolute Gasteiger partial charge is 0.478 e. The Morgan fingerprint density at radius 2 is 2.35 bits per heavy atom. The second-order valence-corrected chi connectivity index (χ2v) is 4.75. The molecule has 20 heavy (non-hydrogen) atoms. The number of pyridine rings is 1. The summed E-state index contributed by atoms with van der Waals surface area (Å²) < 4.78 is 5.40. The number of carbonyl (C=O) groups is 1. The van der Waals surface area contributed by atoms with Crippen LogP contribution in [0.25, 0.3) is 0 Å². The van der Waals surface area contributed by atoms with Crippen molar-refractivity contribution in [2.75, 3.05) is 19.0 Å². The zero-order valence-corrected chi connectivity index (χ0v) is 11.0. The van der Waals surface area contributed by atoms with Crippen molar-refractivity contribution in [1.29, 1.82) is 0 Å². The highest BCUT2D eigenvalue weighted by molar-refractivity contribution is 5.88. The third-order valence-electron chi connectivity index (χ3n) is 3.59. The number of hydrogen-bond acceptors (Lipinski definition) is 6. The predicted molar refractivity (Wildman–Crippen MR) is 69.9 cm³/mol. The lowest BCUT2D eigenvalue weighted by molar-refractivity contribution is -0.384.